The van der Waals surface area contributed by atoms with Crippen molar-refractivity contribution in [2.75, 3.05) is 10.6 Å². The lowest BCUT2D eigenvalue weighted by molar-refractivity contribution is -0.137. The van der Waals surface area contributed by atoms with E-state index in [9.17, 15) is 18.0 Å². The van der Waals surface area contributed by atoms with Crippen LogP contribution in [-0.4, -0.2) is 11.1 Å². The third-order valence-electron chi connectivity index (χ3n) is 3.90. The molecule has 2 N–H and O–H groups in total. The van der Waals surface area contributed by atoms with Crippen molar-refractivity contribution in [1.29, 1.82) is 0 Å². The van der Waals surface area contributed by atoms with Crippen LogP contribution in [0.25, 0.3) is 0 Å². The highest BCUT2D eigenvalue weighted by Crippen LogP contribution is 2.31. The molecular formula is C19H15ClF3N3O2. The van der Waals surface area contributed by atoms with E-state index in [-0.39, 0.29) is 17.1 Å². The number of rotatable bonds is 5. The highest BCUT2D eigenvalue weighted by Gasteiger charge is 2.30. The lowest BCUT2D eigenvalue weighted by Gasteiger charge is -2.10. The predicted molar refractivity (Wildman–Crippen MR) is 99.4 cm³/mol. The summed E-state index contributed by atoms with van der Waals surface area (Å²) in [6.45, 7) is 1.91. The molecule has 0 aliphatic rings. The zero-order valence-corrected chi connectivity index (χ0v) is 15.4. The summed E-state index contributed by atoms with van der Waals surface area (Å²) < 4.78 is 43.7. The molecule has 28 heavy (non-hydrogen) atoms. The van der Waals surface area contributed by atoms with E-state index in [1.54, 1.807) is 31.2 Å². The number of halogens is 4. The van der Waals surface area contributed by atoms with E-state index in [1.807, 2.05) is 0 Å². The molecule has 0 atom stereocenters. The number of anilines is 2. The lowest BCUT2D eigenvalue weighted by Crippen LogP contribution is -2.15. The second-order valence-corrected chi connectivity index (χ2v) is 6.42. The highest BCUT2D eigenvalue weighted by atomic mass is 35.5. The molecule has 0 fully saturated rings. The minimum Gasteiger partial charge on any atom is -0.349 e. The summed E-state index contributed by atoms with van der Waals surface area (Å²) in [6.07, 6.45) is -4.50. The van der Waals surface area contributed by atoms with Crippen LogP contribution in [0.5, 0.6) is 0 Å². The van der Waals surface area contributed by atoms with Crippen LogP contribution in [0.3, 0.4) is 0 Å². The molecule has 1 heterocycles. The van der Waals surface area contributed by atoms with Crippen LogP contribution in [0, 0.1) is 6.92 Å². The monoisotopic (exact) mass is 409 g/mol. The number of nitrogens with one attached hydrogen (secondary N) is 2. The van der Waals surface area contributed by atoms with Crippen LogP contribution in [0.15, 0.2) is 53.1 Å². The zero-order chi connectivity index (χ0) is 20.3. The van der Waals surface area contributed by atoms with Crippen molar-refractivity contribution < 1.29 is 22.5 Å². The van der Waals surface area contributed by atoms with E-state index in [1.165, 1.54) is 12.1 Å². The van der Waals surface area contributed by atoms with Crippen LogP contribution in [-0.2, 0) is 12.7 Å². The van der Waals surface area contributed by atoms with Crippen LogP contribution in [0.4, 0.5) is 24.7 Å². The molecule has 5 nitrogen and oxygen atoms in total. The van der Waals surface area contributed by atoms with Crippen molar-refractivity contribution in [3.05, 3.63) is 75.9 Å². The van der Waals surface area contributed by atoms with Crippen molar-refractivity contribution in [3.8, 4) is 0 Å². The normalized spacial score (nSPS) is 11.3. The average molecular weight is 410 g/mol. The molecule has 1 amide bonds. The van der Waals surface area contributed by atoms with Gasteiger partial charge in [0, 0.05) is 17.3 Å². The van der Waals surface area contributed by atoms with Gasteiger partial charge in [-0.2, -0.15) is 13.2 Å². The summed E-state index contributed by atoms with van der Waals surface area (Å²) in [5.41, 5.74) is 0.481. The van der Waals surface area contributed by atoms with Crippen LogP contribution in [0.2, 0.25) is 5.02 Å². The summed E-state index contributed by atoms with van der Waals surface area (Å²) in [7, 11) is 0. The summed E-state index contributed by atoms with van der Waals surface area (Å²) in [5.74, 6) is -0.506. The van der Waals surface area contributed by atoms with Crippen LogP contribution < -0.4 is 10.6 Å². The third kappa shape index (κ3) is 4.64. The minimum absolute atomic E-state index is 0.0177. The van der Waals surface area contributed by atoms with Gasteiger partial charge in [0.2, 0.25) is 5.88 Å². The third-order valence-corrected chi connectivity index (χ3v) is 4.16. The van der Waals surface area contributed by atoms with E-state index in [0.717, 1.165) is 17.7 Å². The van der Waals surface area contributed by atoms with Crippen molar-refractivity contribution in [3.63, 3.8) is 0 Å². The SMILES string of the molecule is Cc1noc(NCc2ccc(Cl)cc2)c1C(=O)Nc1cccc(C(F)(F)F)c1. The van der Waals surface area contributed by atoms with Gasteiger partial charge in [-0.05, 0) is 42.8 Å². The maximum Gasteiger partial charge on any atom is 0.416 e. The molecule has 146 valence electrons. The topological polar surface area (TPSA) is 67.2 Å². The number of carbonyl (C=O) groups excluding carboxylic acids is 1. The van der Waals surface area contributed by atoms with Gasteiger partial charge in [0.25, 0.3) is 5.91 Å². The molecule has 0 spiro atoms. The Morgan fingerprint density at radius 1 is 1.18 bits per heavy atom. The van der Waals surface area contributed by atoms with Gasteiger partial charge in [-0.15, -0.1) is 0 Å². The van der Waals surface area contributed by atoms with Crippen molar-refractivity contribution in [2.24, 2.45) is 0 Å². The van der Waals surface area contributed by atoms with Gasteiger partial charge < -0.3 is 15.2 Å². The lowest BCUT2D eigenvalue weighted by atomic mass is 10.1. The quantitative estimate of drug-likeness (QED) is 0.582. The standard InChI is InChI=1S/C19H15ClF3N3O2/c1-11-16(17(27)25-15-4-2-3-13(9-15)19(21,22)23)18(28-26-11)24-10-12-5-7-14(20)8-6-12/h2-9,24H,10H2,1H3,(H,25,27). The fourth-order valence-corrected chi connectivity index (χ4v) is 2.64. The Morgan fingerprint density at radius 3 is 2.57 bits per heavy atom. The molecule has 0 bridgehead atoms. The smallest absolute Gasteiger partial charge is 0.349 e. The van der Waals surface area contributed by atoms with Crippen molar-refractivity contribution in [1.82, 2.24) is 5.16 Å². The Hall–Kier alpha value is -3.00. The van der Waals surface area contributed by atoms with E-state index >= 15 is 0 Å². The maximum absolute atomic E-state index is 12.8. The van der Waals surface area contributed by atoms with E-state index in [4.69, 9.17) is 16.1 Å². The Bertz CT molecular complexity index is 985. The molecule has 0 saturated heterocycles. The Balaban J connectivity index is 1.75. The van der Waals surface area contributed by atoms with Crippen LogP contribution >= 0.6 is 11.6 Å². The number of amides is 1. The zero-order valence-electron chi connectivity index (χ0n) is 14.6. The van der Waals surface area contributed by atoms with Gasteiger partial charge in [0.05, 0.1) is 11.3 Å². The number of nitrogens with zero attached hydrogens (tertiary/aromatic N) is 1. The number of hydrogen-bond acceptors (Lipinski definition) is 4. The van der Waals surface area contributed by atoms with Gasteiger partial charge >= 0.3 is 6.18 Å². The first-order valence-electron chi connectivity index (χ1n) is 8.17. The molecule has 9 heteroatoms. The molecule has 1 aromatic heterocycles. The molecule has 0 radical (unpaired) electrons. The number of benzene rings is 2. The molecule has 3 aromatic rings. The largest absolute Gasteiger partial charge is 0.416 e. The number of aromatic nitrogens is 1. The Labute approximate surface area is 163 Å². The number of carbonyl (C=O) groups is 1. The first kappa shape index (κ1) is 19.8. The number of aryl methyl sites for hydroxylation is 1. The van der Waals surface area contributed by atoms with Crippen molar-refractivity contribution >= 4 is 29.1 Å². The van der Waals surface area contributed by atoms with E-state index < -0.39 is 17.6 Å². The Morgan fingerprint density at radius 2 is 1.89 bits per heavy atom. The molecule has 0 aliphatic carbocycles. The van der Waals surface area contributed by atoms with Gasteiger partial charge in [-0.3, -0.25) is 4.79 Å². The molecule has 3 rings (SSSR count). The molecule has 0 saturated carbocycles. The predicted octanol–water partition coefficient (Wildman–Crippen LogP) is 5.52. The summed E-state index contributed by atoms with van der Waals surface area (Å²) in [5, 5.41) is 9.77. The molecular weight excluding hydrogens is 395 g/mol. The summed E-state index contributed by atoms with van der Waals surface area (Å²) in [6, 6.07) is 11.5. The first-order valence-corrected chi connectivity index (χ1v) is 8.55. The molecule has 0 unspecified atom stereocenters. The second kappa shape index (κ2) is 7.93. The fourth-order valence-electron chi connectivity index (χ4n) is 2.51. The fraction of sp³-hybridized carbons (Fsp3) is 0.158. The van der Waals surface area contributed by atoms with Crippen LogP contribution in [0.1, 0.15) is 27.2 Å². The Kier molecular flexibility index (Phi) is 5.60. The van der Waals surface area contributed by atoms with Gasteiger partial charge in [-0.25, -0.2) is 0 Å². The van der Waals surface area contributed by atoms with E-state index in [2.05, 4.69) is 15.8 Å². The first-order chi connectivity index (χ1) is 13.2. The summed E-state index contributed by atoms with van der Waals surface area (Å²) in [4.78, 5) is 12.6. The number of alkyl halides is 3. The minimum atomic E-state index is -4.50. The maximum atomic E-state index is 12.8. The average Bonchev–Trinajstić information content (AvgIpc) is 3.01. The second-order valence-electron chi connectivity index (χ2n) is 5.98. The van der Waals surface area contributed by atoms with Gasteiger partial charge in [0.15, 0.2) is 0 Å². The van der Waals surface area contributed by atoms with Gasteiger partial charge in [-0.1, -0.05) is 35.0 Å². The van der Waals surface area contributed by atoms with E-state index in [0.29, 0.717) is 17.3 Å². The van der Waals surface area contributed by atoms with Gasteiger partial charge in [0.1, 0.15) is 5.56 Å². The van der Waals surface area contributed by atoms with Crippen molar-refractivity contribution in [2.45, 2.75) is 19.6 Å². The summed E-state index contributed by atoms with van der Waals surface area (Å²) >= 11 is 5.84. The molecule has 2 aromatic carbocycles. The number of hydrogen-bond donors (Lipinski definition) is 2. The highest BCUT2D eigenvalue weighted by molar-refractivity contribution is 6.30. The molecule has 0 aliphatic heterocycles.